The van der Waals surface area contributed by atoms with Gasteiger partial charge >= 0.3 is 5.97 Å². The molecule has 2 aromatic rings. The third-order valence-corrected chi connectivity index (χ3v) is 5.29. The van der Waals surface area contributed by atoms with Crippen molar-refractivity contribution in [2.45, 2.75) is 25.7 Å². The summed E-state index contributed by atoms with van der Waals surface area (Å²) in [4.78, 5) is 27.8. The molecule has 6 heteroatoms. The van der Waals surface area contributed by atoms with Crippen molar-refractivity contribution in [2.75, 3.05) is 31.1 Å². The van der Waals surface area contributed by atoms with Gasteiger partial charge < -0.3 is 19.6 Å². The van der Waals surface area contributed by atoms with Crippen LogP contribution in [0.3, 0.4) is 0 Å². The van der Waals surface area contributed by atoms with Crippen LogP contribution in [0.15, 0.2) is 42.5 Å². The number of fused-ring (bicyclic) bond motifs is 1. The number of carboxylic acid groups (broad SMARTS) is 1. The number of anilines is 2. The van der Waals surface area contributed by atoms with Crippen LogP contribution in [0.2, 0.25) is 0 Å². The van der Waals surface area contributed by atoms with Crippen molar-refractivity contribution in [1.29, 1.82) is 0 Å². The van der Waals surface area contributed by atoms with E-state index in [0.29, 0.717) is 24.5 Å². The summed E-state index contributed by atoms with van der Waals surface area (Å²) in [7, 11) is 0. The van der Waals surface area contributed by atoms with Crippen molar-refractivity contribution in [3.05, 3.63) is 53.6 Å². The van der Waals surface area contributed by atoms with Gasteiger partial charge in [0.2, 0.25) is 0 Å². The number of carbonyl (C=O) groups is 2. The van der Waals surface area contributed by atoms with Crippen LogP contribution in [-0.2, 0) is 11.2 Å². The van der Waals surface area contributed by atoms with Gasteiger partial charge in [0.1, 0.15) is 12.4 Å². The quantitative estimate of drug-likeness (QED) is 0.880. The number of hydrogen-bond donors (Lipinski definition) is 1. The zero-order valence-electron chi connectivity index (χ0n) is 15.8. The van der Waals surface area contributed by atoms with E-state index in [1.807, 2.05) is 47.4 Å². The molecule has 0 radical (unpaired) electrons. The first-order valence-corrected chi connectivity index (χ1v) is 9.76. The number of ether oxygens (including phenoxy) is 1. The lowest BCUT2D eigenvalue weighted by molar-refractivity contribution is -0.136. The zero-order valence-corrected chi connectivity index (χ0v) is 15.8. The molecule has 146 valence electrons. The Morgan fingerprint density at radius 2 is 1.82 bits per heavy atom. The predicted octanol–water partition coefficient (Wildman–Crippen LogP) is 3.47. The molecule has 2 aliphatic rings. The van der Waals surface area contributed by atoms with Gasteiger partial charge in [0.05, 0.1) is 18.7 Å². The van der Waals surface area contributed by atoms with Gasteiger partial charge in [0.25, 0.3) is 5.91 Å². The van der Waals surface area contributed by atoms with Crippen LogP contribution in [0.1, 0.15) is 35.2 Å². The molecule has 0 spiro atoms. The van der Waals surface area contributed by atoms with E-state index >= 15 is 0 Å². The van der Waals surface area contributed by atoms with Crippen LogP contribution in [-0.4, -0.2) is 48.1 Å². The molecule has 0 saturated carbocycles. The second-order valence-corrected chi connectivity index (χ2v) is 7.28. The van der Waals surface area contributed by atoms with E-state index in [1.54, 1.807) is 0 Å². The minimum Gasteiger partial charge on any atom is -0.490 e. The maximum absolute atomic E-state index is 12.8. The second kappa shape index (κ2) is 7.92. The Labute approximate surface area is 164 Å². The van der Waals surface area contributed by atoms with Crippen molar-refractivity contribution < 1.29 is 19.4 Å². The molecule has 0 atom stereocenters. The molecule has 0 aromatic heterocycles. The molecule has 2 heterocycles. The smallest absolute Gasteiger partial charge is 0.307 e. The summed E-state index contributed by atoms with van der Waals surface area (Å²) in [5, 5.41) is 9.05. The summed E-state index contributed by atoms with van der Waals surface area (Å²) in [5.74, 6) is -0.0928. The Kier molecular flexibility index (Phi) is 5.19. The summed E-state index contributed by atoms with van der Waals surface area (Å²) < 4.78 is 5.84. The fourth-order valence-electron chi connectivity index (χ4n) is 3.91. The predicted molar refractivity (Wildman–Crippen MR) is 106 cm³/mol. The molecule has 6 nitrogen and oxygen atoms in total. The minimum atomic E-state index is -0.847. The van der Waals surface area contributed by atoms with E-state index < -0.39 is 5.97 Å². The lowest BCUT2D eigenvalue weighted by atomic mass is 10.1. The van der Waals surface area contributed by atoms with Gasteiger partial charge in [-0.2, -0.15) is 0 Å². The first-order valence-electron chi connectivity index (χ1n) is 9.76. The standard InChI is InChI=1S/C22H24N2O4/c25-21(26)14-16-5-4-6-18(13-16)24-11-12-28-20-15-17(7-8-19(20)24)22(27)23-9-2-1-3-10-23/h4-8,13,15H,1-3,9-12,14H2,(H,25,26). The fourth-order valence-corrected chi connectivity index (χ4v) is 3.91. The summed E-state index contributed by atoms with van der Waals surface area (Å²) in [6.07, 6.45) is 3.31. The number of amides is 1. The largest absolute Gasteiger partial charge is 0.490 e. The van der Waals surface area contributed by atoms with Crippen molar-refractivity contribution in [3.63, 3.8) is 0 Å². The Bertz CT molecular complexity index is 890. The summed E-state index contributed by atoms with van der Waals surface area (Å²) >= 11 is 0. The highest BCUT2D eigenvalue weighted by atomic mass is 16.5. The molecule has 1 N–H and O–H groups in total. The third-order valence-electron chi connectivity index (χ3n) is 5.29. The number of likely N-dealkylation sites (tertiary alicyclic amines) is 1. The number of rotatable bonds is 4. The van der Waals surface area contributed by atoms with E-state index in [4.69, 9.17) is 9.84 Å². The van der Waals surface area contributed by atoms with Gasteiger partial charge in [-0.25, -0.2) is 0 Å². The van der Waals surface area contributed by atoms with Crippen molar-refractivity contribution in [2.24, 2.45) is 0 Å². The number of carbonyl (C=O) groups excluding carboxylic acids is 1. The van der Waals surface area contributed by atoms with Gasteiger partial charge in [0, 0.05) is 24.3 Å². The summed E-state index contributed by atoms with van der Waals surface area (Å²) in [6, 6.07) is 13.2. The van der Waals surface area contributed by atoms with Crippen molar-refractivity contribution >= 4 is 23.3 Å². The van der Waals surface area contributed by atoms with E-state index in [2.05, 4.69) is 4.90 Å². The van der Waals surface area contributed by atoms with E-state index in [-0.39, 0.29) is 12.3 Å². The third kappa shape index (κ3) is 3.81. The fraction of sp³-hybridized carbons (Fsp3) is 0.364. The number of carboxylic acids is 1. The lowest BCUT2D eigenvalue weighted by Crippen LogP contribution is -2.35. The van der Waals surface area contributed by atoms with E-state index in [1.165, 1.54) is 6.42 Å². The highest BCUT2D eigenvalue weighted by molar-refractivity contribution is 5.95. The topological polar surface area (TPSA) is 70.1 Å². The van der Waals surface area contributed by atoms with Crippen molar-refractivity contribution in [1.82, 2.24) is 4.90 Å². The van der Waals surface area contributed by atoms with Gasteiger partial charge in [-0.15, -0.1) is 0 Å². The number of piperidine rings is 1. The number of nitrogens with zero attached hydrogens (tertiary/aromatic N) is 2. The van der Waals surface area contributed by atoms with Crippen LogP contribution in [0.4, 0.5) is 11.4 Å². The molecular weight excluding hydrogens is 356 g/mol. The molecule has 0 unspecified atom stereocenters. The van der Waals surface area contributed by atoms with Crippen LogP contribution < -0.4 is 9.64 Å². The normalized spacial score (nSPS) is 16.3. The number of aliphatic carboxylic acids is 1. The monoisotopic (exact) mass is 380 g/mol. The van der Waals surface area contributed by atoms with E-state index in [0.717, 1.165) is 42.9 Å². The van der Waals surface area contributed by atoms with Gasteiger partial charge in [-0.05, 0) is 55.2 Å². The molecule has 1 saturated heterocycles. The summed E-state index contributed by atoms with van der Waals surface area (Å²) in [6.45, 7) is 2.82. The highest BCUT2D eigenvalue weighted by Gasteiger charge is 2.24. The van der Waals surface area contributed by atoms with Gasteiger partial charge in [-0.3, -0.25) is 9.59 Å². The van der Waals surface area contributed by atoms with Crippen molar-refractivity contribution in [3.8, 4) is 5.75 Å². The number of benzene rings is 2. The summed E-state index contributed by atoms with van der Waals surface area (Å²) in [5.41, 5.74) is 3.24. The van der Waals surface area contributed by atoms with E-state index in [9.17, 15) is 9.59 Å². The molecular formula is C22H24N2O4. The first kappa shape index (κ1) is 18.3. The lowest BCUT2D eigenvalue weighted by Gasteiger charge is -2.32. The maximum Gasteiger partial charge on any atom is 0.307 e. The molecule has 0 aliphatic carbocycles. The Hall–Kier alpha value is -3.02. The average molecular weight is 380 g/mol. The molecule has 4 rings (SSSR count). The molecule has 2 aliphatic heterocycles. The molecule has 28 heavy (non-hydrogen) atoms. The van der Waals surface area contributed by atoms with Crippen LogP contribution in [0.25, 0.3) is 0 Å². The Morgan fingerprint density at radius 3 is 2.61 bits per heavy atom. The maximum atomic E-state index is 12.8. The Morgan fingerprint density at radius 1 is 1.00 bits per heavy atom. The van der Waals surface area contributed by atoms with Crippen LogP contribution >= 0.6 is 0 Å². The molecule has 0 bridgehead atoms. The minimum absolute atomic E-state index is 0.00564. The highest BCUT2D eigenvalue weighted by Crippen LogP contribution is 2.37. The second-order valence-electron chi connectivity index (χ2n) is 7.28. The number of hydrogen-bond acceptors (Lipinski definition) is 4. The van der Waals surface area contributed by atoms with Gasteiger partial charge in [-0.1, -0.05) is 12.1 Å². The Balaban J connectivity index is 1.60. The zero-order chi connectivity index (χ0) is 19.5. The SMILES string of the molecule is O=C(O)Cc1cccc(N2CCOc3cc(C(=O)N4CCCCC4)ccc32)c1. The first-order chi connectivity index (χ1) is 13.6. The average Bonchev–Trinajstić information content (AvgIpc) is 2.72. The van der Waals surface area contributed by atoms with Gasteiger partial charge in [0.15, 0.2) is 0 Å². The van der Waals surface area contributed by atoms with Crippen LogP contribution in [0.5, 0.6) is 5.75 Å². The molecule has 2 aromatic carbocycles. The van der Waals surface area contributed by atoms with Crippen LogP contribution in [0, 0.1) is 0 Å². The molecule has 1 amide bonds. The molecule has 1 fully saturated rings.